The second-order valence-electron chi connectivity index (χ2n) is 5.95. The van der Waals surface area contributed by atoms with Gasteiger partial charge in [0.15, 0.2) is 5.78 Å². The van der Waals surface area contributed by atoms with Crippen LogP contribution in [0.4, 0.5) is 0 Å². The molecule has 0 aliphatic heterocycles. The minimum Gasteiger partial charge on any atom is -0.294 e. The molecule has 1 aromatic heterocycles. The first kappa shape index (κ1) is 15.9. The van der Waals surface area contributed by atoms with Crippen molar-refractivity contribution in [2.45, 2.75) is 39.0 Å². The van der Waals surface area contributed by atoms with Crippen molar-refractivity contribution in [3.05, 3.63) is 64.7 Å². The first-order valence-corrected chi connectivity index (χ1v) is 8.94. The van der Waals surface area contributed by atoms with Gasteiger partial charge in [0.05, 0.1) is 15.2 Å². The van der Waals surface area contributed by atoms with E-state index in [1.54, 1.807) is 11.3 Å². The lowest BCUT2D eigenvalue weighted by molar-refractivity contribution is 0.0977. The molecule has 3 aromatic rings. The van der Waals surface area contributed by atoms with Crippen LogP contribution < -0.4 is 0 Å². The minimum atomic E-state index is 0.226. The second kappa shape index (κ2) is 7.05. The molecule has 3 rings (SSSR count). The predicted octanol–water partition coefficient (Wildman–Crippen LogP) is 5.76. The van der Waals surface area contributed by atoms with Gasteiger partial charge in [-0.05, 0) is 31.9 Å². The van der Waals surface area contributed by atoms with Crippen LogP contribution in [0.3, 0.4) is 0 Å². The summed E-state index contributed by atoms with van der Waals surface area (Å²) >= 11 is 1.76. The van der Waals surface area contributed by atoms with Gasteiger partial charge in [-0.3, -0.25) is 4.79 Å². The van der Waals surface area contributed by atoms with Gasteiger partial charge in [0.25, 0.3) is 0 Å². The highest BCUT2D eigenvalue weighted by Crippen LogP contribution is 2.32. The summed E-state index contributed by atoms with van der Waals surface area (Å²) in [7, 11) is 0. The zero-order chi connectivity index (χ0) is 16.2. The molecule has 118 valence electrons. The molecule has 0 aliphatic rings. The Balaban J connectivity index is 1.69. The third kappa shape index (κ3) is 3.67. The SMILES string of the molecule is CCC(CCC(=O)c1ccc(C)cc1)c1nc2ccccc2s1. The molecule has 0 saturated carbocycles. The average Bonchev–Trinajstić information content (AvgIpc) is 2.99. The highest BCUT2D eigenvalue weighted by molar-refractivity contribution is 7.18. The Morgan fingerprint density at radius 2 is 1.87 bits per heavy atom. The van der Waals surface area contributed by atoms with Gasteiger partial charge in [-0.15, -0.1) is 11.3 Å². The van der Waals surface area contributed by atoms with E-state index in [1.165, 1.54) is 10.3 Å². The van der Waals surface area contributed by atoms with E-state index in [0.717, 1.165) is 28.9 Å². The Labute approximate surface area is 141 Å². The van der Waals surface area contributed by atoms with Crippen LogP contribution in [0.15, 0.2) is 48.5 Å². The maximum Gasteiger partial charge on any atom is 0.162 e. The lowest BCUT2D eigenvalue weighted by atomic mass is 9.97. The molecule has 0 N–H and O–H groups in total. The number of rotatable bonds is 6. The summed E-state index contributed by atoms with van der Waals surface area (Å²) in [5, 5.41) is 1.16. The number of para-hydroxylation sites is 1. The minimum absolute atomic E-state index is 0.226. The van der Waals surface area contributed by atoms with Crippen molar-refractivity contribution in [3.63, 3.8) is 0 Å². The highest BCUT2D eigenvalue weighted by Gasteiger charge is 2.16. The van der Waals surface area contributed by atoms with Crippen LogP contribution in [0.5, 0.6) is 0 Å². The first-order valence-electron chi connectivity index (χ1n) is 8.12. The number of hydrogen-bond donors (Lipinski definition) is 0. The van der Waals surface area contributed by atoms with E-state index >= 15 is 0 Å². The zero-order valence-corrected chi connectivity index (χ0v) is 14.4. The van der Waals surface area contributed by atoms with E-state index in [0.29, 0.717) is 12.3 Å². The second-order valence-corrected chi connectivity index (χ2v) is 7.02. The summed E-state index contributed by atoms with van der Waals surface area (Å²) in [6.07, 6.45) is 2.46. The van der Waals surface area contributed by atoms with Gasteiger partial charge in [-0.1, -0.05) is 48.9 Å². The van der Waals surface area contributed by atoms with Gasteiger partial charge in [0.2, 0.25) is 0 Å². The fourth-order valence-corrected chi connectivity index (χ4v) is 3.94. The topological polar surface area (TPSA) is 30.0 Å². The lowest BCUT2D eigenvalue weighted by Gasteiger charge is -2.11. The van der Waals surface area contributed by atoms with Crippen LogP contribution in [0.1, 0.15) is 53.0 Å². The number of hydrogen-bond acceptors (Lipinski definition) is 3. The fourth-order valence-electron chi connectivity index (χ4n) is 2.76. The normalized spacial score (nSPS) is 12.4. The molecular formula is C20H21NOS. The molecule has 2 aromatic carbocycles. The predicted molar refractivity (Wildman–Crippen MR) is 97.4 cm³/mol. The molecule has 1 atom stereocenters. The summed E-state index contributed by atoms with van der Waals surface area (Å²) in [6.45, 7) is 4.21. The van der Waals surface area contributed by atoms with Gasteiger partial charge in [-0.25, -0.2) is 4.98 Å². The van der Waals surface area contributed by atoms with Crippen LogP contribution >= 0.6 is 11.3 Å². The number of carbonyl (C=O) groups excluding carboxylic acids is 1. The van der Waals surface area contributed by atoms with Gasteiger partial charge in [-0.2, -0.15) is 0 Å². The van der Waals surface area contributed by atoms with Gasteiger partial charge >= 0.3 is 0 Å². The number of aromatic nitrogens is 1. The molecule has 1 unspecified atom stereocenters. The van der Waals surface area contributed by atoms with E-state index < -0.39 is 0 Å². The number of thiazole rings is 1. The van der Waals surface area contributed by atoms with Crippen molar-refractivity contribution in [2.75, 3.05) is 0 Å². The molecule has 23 heavy (non-hydrogen) atoms. The molecule has 2 nitrogen and oxygen atoms in total. The van der Waals surface area contributed by atoms with E-state index in [-0.39, 0.29) is 5.78 Å². The van der Waals surface area contributed by atoms with Crippen molar-refractivity contribution in [1.82, 2.24) is 4.98 Å². The van der Waals surface area contributed by atoms with Crippen LogP contribution in [-0.2, 0) is 0 Å². The zero-order valence-electron chi connectivity index (χ0n) is 13.6. The van der Waals surface area contributed by atoms with Gasteiger partial charge in [0, 0.05) is 17.9 Å². The molecule has 0 fully saturated rings. The van der Waals surface area contributed by atoms with Crippen molar-refractivity contribution >= 4 is 27.3 Å². The summed E-state index contributed by atoms with van der Waals surface area (Å²) in [6, 6.07) is 16.1. The summed E-state index contributed by atoms with van der Waals surface area (Å²) in [5.41, 5.74) is 3.06. The third-order valence-electron chi connectivity index (χ3n) is 4.25. The van der Waals surface area contributed by atoms with Crippen LogP contribution in [0, 0.1) is 6.92 Å². The maximum atomic E-state index is 12.4. The van der Waals surface area contributed by atoms with Crippen molar-refractivity contribution in [2.24, 2.45) is 0 Å². The monoisotopic (exact) mass is 323 g/mol. The number of Topliss-reactive ketones (excluding diaryl/α,β-unsaturated/α-hetero) is 1. The van der Waals surface area contributed by atoms with E-state index in [1.807, 2.05) is 43.3 Å². The summed E-state index contributed by atoms with van der Waals surface area (Å²) < 4.78 is 1.23. The fraction of sp³-hybridized carbons (Fsp3) is 0.300. The van der Waals surface area contributed by atoms with Gasteiger partial charge < -0.3 is 0 Å². The first-order chi connectivity index (χ1) is 11.2. The Kier molecular flexibility index (Phi) is 4.87. The Morgan fingerprint density at radius 1 is 1.13 bits per heavy atom. The Morgan fingerprint density at radius 3 is 2.57 bits per heavy atom. The molecule has 0 bridgehead atoms. The largest absolute Gasteiger partial charge is 0.294 e. The molecule has 0 saturated heterocycles. The maximum absolute atomic E-state index is 12.4. The molecule has 3 heteroatoms. The van der Waals surface area contributed by atoms with Crippen molar-refractivity contribution in [1.29, 1.82) is 0 Å². The Bertz CT molecular complexity index is 771. The van der Waals surface area contributed by atoms with Crippen LogP contribution in [0.2, 0.25) is 0 Å². The van der Waals surface area contributed by atoms with E-state index in [2.05, 4.69) is 19.1 Å². The van der Waals surface area contributed by atoms with Crippen LogP contribution in [-0.4, -0.2) is 10.8 Å². The number of ketones is 1. The van der Waals surface area contributed by atoms with Gasteiger partial charge in [0.1, 0.15) is 0 Å². The number of fused-ring (bicyclic) bond motifs is 1. The standard InChI is InChI=1S/C20H21NOS/c1-3-15(20-21-17-6-4-5-7-19(17)23-20)12-13-18(22)16-10-8-14(2)9-11-16/h4-11,15H,3,12-13H2,1-2H3. The quantitative estimate of drug-likeness (QED) is 0.540. The number of aryl methyl sites for hydroxylation is 1. The average molecular weight is 323 g/mol. The van der Waals surface area contributed by atoms with Crippen LogP contribution in [0.25, 0.3) is 10.2 Å². The van der Waals surface area contributed by atoms with Crippen molar-refractivity contribution in [3.8, 4) is 0 Å². The molecule has 0 spiro atoms. The summed E-state index contributed by atoms with van der Waals surface area (Å²) in [5.74, 6) is 0.589. The highest BCUT2D eigenvalue weighted by atomic mass is 32.1. The molecular weight excluding hydrogens is 302 g/mol. The molecule has 0 radical (unpaired) electrons. The number of carbonyl (C=O) groups is 1. The number of benzene rings is 2. The molecule has 0 aliphatic carbocycles. The smallest absolute Gasteiger partial charge is 0.162 e. The molecule has 0 amide bonds. The van der Waals surface area contributed by atoms with E-state index in [9.17, 15) is 4.79 Å². The molecule has 1 heterocycles. The third-order valence-corrected chi connectivity index (χ3v) is 5.44. The van der Waals surface area contributed by atoms with E-state index in [4.69, 9.17) is 4.98 Å². The van der Waals surface area contributed by atoms with Crippen molar-refractivity contribution < 1.29 is 4.79 Å². The summed E-state index contributed by atoms with van der Waals surface area (Å²) in [4.78, 5) is 17.1. The lowest BCUT2D eigenvalue weighted by Crippen LogP contribution is -2.04. The Hall–Kier alpha value is -2.00. The number of nitrogens with zero attached hydrogens (tertiary/aromatic N) is 1.